The second kappa shape index (κ2) is 5.97. The minimum atomic E-state index is -0.389. The molecule has 0 amide bonds. The lowest BCUT2D eigenvalue weighted by atomic mass is 10.2. The van der Waals surface area contributed by atoms with Crippen LogP contribution >= 0.6 is 0 Å². The Morgan fingerprint density at radius 3 is 3.00 bits per heavy atom. The highest BCUT2D eigenvalue weighted by Gasteiger charge is 2.32. The van der Waals surface area contributed by atoms with Gasteiger partial charge < -0.3 is 14.5 Å². The predicted molar refractivity (Wildman–Crippen MR) is 74.5 cm³/mol. The van der Waals surface area contributed by atoms with Gasteiger partial charge in [0.05, 0.1) is 13.4 Å². The van der Waals surface area contributed by atoms with Gasteiger partial charge in [-0.15, -0.1) is 0 Å². The van der Waals surface area contributed by atoms with Gasteiger partial charge in [0.25, 0.3) is 0 Å². The Bertz CT molecular complexity index is 461. The number of carbonyl (C=O) groups excluding carboxylic acids is 1. The lowest BCUT2D eigenvalue weighted by Gasteiger charge is -2.25. The summed E-state index contributed by atoms with van der Waals surface area (Å²) in [6, 6.07) is 3.13. The molecule has 5 nitrogen and oxygen atoms in total. The second-order valence-electron chi connectivity index (χ2n) is 5.72. The molecule has 1 aliphatic carbocycles. The molecule has 1 aliphatic heterocycles. The number of ether oxygens (including phenoxy) is 1. The third-order valence-corrected chi connectivity index (χ3v) is 4.17. The van der Waals surface area contributed by atoms with Crippen molar-refractivity contribution in [3.05, 3.63) is 23.7 Å². The molecule has 1 saturated carbocycles. The third kappa shape index (κ3) is 3.04. The van der Waals surface area contributed by atoms with E-state index in [0.717, 1.165) is 25.2 Å². The molecule has 2 aliphatic rings. The highest BCUT2D eigenvalue weighted by molar-refractivity contribution is 5.87. The Hall–Kier alpha value is -1.33. The maximum absolute atomic E-state index is 11.7. The van der Waals surface area contributed by atoms with E-state index in [4.69, 9.17) is 9.15 Å². The molecule has 0 aromatic carbocycles. The number of hydrogen-bond acceptors (Lipinski definition) is 5. The lowest BCUT2D eigenvalue weighted by molar-refractivity contribution is 0.0561. The van der Waals surface area contributed by atoms with Crippen LogP contribution in [0.3, 0.4) is 0 Å². The zero-order valence-electron chi connectivity index (χ0n) is 11.9. The van der Waals surface area contributed by atoms with Crippen molar-refractivity contribution in [2.24, 2.45) is 0 Å². The van der Waals surface area contributed by atoms with Crippen LogP contribution in [0.15, 0.2) is 16.7 Å². The number of furan rings is 1. The second-order valence-corrected chi connectivity index (χ2v) is 5.72. The van der Waals surface area contributed by atoms with Gasteiger partial charge in [0.2, 0.25) is 5.76 Å². The molecule has 3 rings (SSSR count). The molecule has 1 saturated heterocycles. The van der Waals surface area contributed by atoms with Crippen molar-refractivity contribution in [3.8, 4) is 0 Å². The van der Waals surface area contributed by atoms with Crippen LogP contribution in [-0.2, 0) is 11.3 Å². The van der Waals surface area contributed by atoms with Crippen LogP contribution in [0, 0.1) is 0 Å². The van der Waals surface area contributed by atoms with Crippen LogP contribution < -0.4 is 5.32 Å². The van der Waals surface area contributed by atoms with Crippen LogP contribution in [0.4, 0.5) is 0 Å². The Morgan fingerprint density at radius 1 is 1.50 bits per heavy atom. The van der Waals surface area contributed by atoms with Crippen LogP contribution in [0.1, 0.15) is 41.8 Å². The smallest absolute Gasteiger partial charge is 0.374 e. The number of rotatable bonds is 6. The standard InChI is InChI=1S/C15H22N2O3/c1-19-15(18)14-11(6-8-20-14)9-17(13-4-5-13)10-12-3-2-7-16-12/h6,8,12-13,16H,2-5,7,9-10H2,1H3. The summed E-state index contributed by atoms with van der Waals surface area (Å²) < 4.78 is 10.0. The summed E-state index contributed by atoms with van der Waals surface area (Å²) in [4.78, 5) is 14.1. The number of nitrogens with one attached hydrogen (secondary N) is 1. The largest absolute Gasteiger partial charge is 0.463 e. The van der Waals surface area contributed by atoms with Crippen LogP contribution in [-0.4, -0.2) is 43.2 Å². The molecule has 0 bridgehead atoms. The van der Waals surface area contributed by atoms with Crippen molar-refractivity contribution in [1.29, 1.82) is 0 Å². The third-order valence-electron chi connectivity index (χ3n) is 4.17. The van der Waals surface area contributed by atoms with E-state index < -0.39 is 0 Å². The monoisotopic (exact) mass is 278 g/mol. The van der Waals surface area contributed by atoms with E-state index in [-0.39, 0.29) is 5.97 Å². The van der Waals surface area contributed by atoms with E-state index >= 15 is 0 Å². The minimum Gasteiger partial charge on any atom is -0.463 e. The zero-order chi connectivity index (χ0) is 13.9. The van der Waals surface area contributed by atoms with Gasteiger partial charge in [0, 0.05) is 30.7 Å². The highest BCUT2D eigenvalue weighted by atomic mass is 16.5. The fraction of sp³-hybridized carbons (Fsp3) is 0.667. The first-order valence-electron chi connectivity index (χ1n) is 7.40. The van der Waals surface area contributed by atoms with Gasteiger partial charge in [0.15, 0.2) is 0 Å². The number of nitrogens with zero attached hydrogens (tertiary/aromatic N) is 1. The highest BCUT2D eigenvalue weighted by Crippen LogP contribution is 2.30. The topological polar surface area (TPSA) is 54.7 Å². The van der Waals surface area contributed by atoms with Crippen molar-refractivity contribution in [2.45, 2.75) is 44.3 Å². The molecule has 2 fully saturated rings. The van der Waals surface area contributed by atoms with E-state index in [1.807, 2.05) is 6.07 Å². The molecule has 0 spiro atoms. The normalized spacial score (nSPS) is 22.4. The molecule has 2 heterocycles. The number of methoxy groups -OCH3 is 1. The fourth-order valence-corrected chi connectivity index (χ4v) is 2.93. The van der Waals surface area contributed by atoms with Crippen molar-refractivity contribution in [3.63, 3.8) is 0 Å². The molecule has 110 valence electrons. The van der Waals surface area contributed by atoms with Gasteiger partial charge in [-0.1, -0.05) is 0 Å². The van der Waals surface area contributed by atoms with Crippen molar-refractivity contribution < 1.29 is 13.9 Å². The molecular weight excluding hydrogens is 256 g/mol. The van der Waals surface area contributed by atoms with Crippen molar-refractivity contribution >= 4 is 5.97 Å². The average molecular weight is 278 g/mol. The lowest BCUT2D eigenvalue weighted by Crippen LogP contribution is -2.38. The summed E-state index contributed by atoms with van der Waals surface area (Å²) in [7, 11) is 1.38. The van der Waals surface area contributed by atoms with Crippen molar-refractivity contribution in [2.75, 3.05) is 20.2 Å². The summed E-state index contributed by atoms with van der Waals surface area (Å²) >= 11 is 0. The van der Waals surface area contributed by atoms with Gasteiger partial charge in [-0.25, -0.2) is 4.79 Å². The minimum absolute atomic E-state index is 0.345. The first kappa shape index (κ1) is 13.6. The molecule has 1 aromatic rings. The average Bonchev–Trinajstić information content (AvgIpc) is 2.99. The van der Waals surface area contributed by atoms with E-state index in [1.54, 1.807) is 6.26 Å². The molecular formula is C15H22N2O3. The first-order chi connectivity index (χ1) is 9.78. The van der Waals surface area contributed by atoms with Crippen molar-refractivity contribution in [1.82, 2.24) is 10.2 Å². The predicted octanol–water partition coefficient (Wildman–Crippen LogP) is 1.78. The number of esters is 1. The Balaban J connectivity index is 1.66. The Kier molecular flexibility index (Phi) is 4.08. The summed E-state index contributed by atoms with van der Waals surface area (Å²) in [6.45, 7) is 2.95. The zero-order valence-corrected chi connectivity index (χ0v) is 11.9. The maximum Gasteiger partial charge on any atom is 0.374 e. The van der Waals surface area contributed by atoms with Crippen LogP contribution in [0.25, 0.3) is 0 Å². The molecule has 20 heavy (non-hydrogen) atoms. The van der Waals surface area contributed by atoms with Gasteiger partial charge >= 0.3 is 5.97 Å². The summed E-state index contributed by atoms with van der Waals surface area (Å²) in [6.07, 6.45) is 6.61. The molecule has 1 aromatic heterocycles. The quantitative estimate of drug-likeness (QED) is 0.804. The fourth-order valence-electron chi connectivity index (χ4n) is 2.93. The van der Waals surface area contributed by atoms with Gasteiger partial charge in [-0.3, -0.25) is 4.90 Å². The van der Waals surface area contributed by atoms with E-state index in [1.165, 1.54) is 32.8 Å². The van der Waals surface area contributed by atoms with Gasteiger partial charge in [-0.05, 0) is 38.3 Å². The van der Waals surface area contributed by atoms with E-state index in [2.05, 4.69) is 10.2 Å². The summed E-state index contributed by atoms with van der Waals surface area (Å²) in [5.41, 5.74) is 0.932. The first-order valence-corrected chi connectivity index (χ1v) is 7.40. The number of hydrogen-bond donors (Lipinski definition) is 1. The molecule has 5 heteroatoms. The SMILES string of the molecule is COC(=O)c1occc1CN(CC1CCCN1)C1CC1. The molecule has 0 radical (unpaired) electrons. The molecule has 1 N–H and O–H groups in total. The van der Waals surface area contributed by atoms with E-state index in [0.29, 0.717) is 17.8 Å². The van der Waals surface area contributed by atoms with Gasteiger partial charge in [-0.2, -0.15) is 0 Å². The summed E-state index contributed by atoms with van der Waals surface area (Å²) in [5, 5.41) is 3.54. The van der Waals surface area contributed by atoms with E-state index in [9.17, 15) is 4.79 Å². The number of carbonyl (C=O) groups is 1. The Morgan fingerprint density at radius 2 is 2.35 bits per heavy atom. The van der Waals surface area contributed by atoms with Crippen LogP contribution in [0.2, 0.25) is 0 Å². The van der Waals surface area contributed by atoms with Crippen LogP contribution in [0.5, 0.6) is 0 Å². The summed E-state index contributed by atoms with van der Waals surface area (Å²) in [5.74, 6) is -0.0442. The Labute approximate surface area is 119 Å². The maximum atomic E-state index is 11.7. The van der Waals surface area contributed by atoms with Gasteiger partial charge in [0.1, 0.15) is 0 Å². The molecule has 1 atom stereocenters. The molecule has 1 unspecified atom stereocenters.